The number of nitrogens with one attached hydrogen (secondary N) is 1. The quantitative estimate of drug-likeness (QED) is 0.620. The van der Waals surface area contributed by atoms with Gasteiger partial charge in [0.1, 0.15) is 16.8 Å². The molecule has 0 aliphatic heterocycles. The summed E-state index contributed by atoms with van der Waals surface area (Å²) >= 11 is -1.38. The van der Waals surface area contributed by atoms with Crippen molar-refractivity contribution in [3.63, 3.8) is 0 Å². The van der Waals surface area contributed by atoms with Crippen molar-refractivity contribution in [3.05, 3.63) is 29.8 Å². The van der Waals surface area contributed by atoms with E-state index in [9.17, 15) is 18.1 Å². The van der Waals surface area contributed by atoms with Crippen molar-refractivity contribution in [2.75, 3.05) is 0 Å². The molecule has 0 amide bonds. The van der Waals surface area contributed by atoms with Gasteiger partial charge >= 0.3 is 6.61 Å². The first-order chi connectivity index (χ1) is 9.74. The zero-order valence-electron chi connectivity index (χ0n) is 12.1. The number of rotatable bonds is 7. The van der Waals surface area contributed by atoms with Gasteiger partial charge in [-0.15, -0.1) is 4.72 Å². The Kier molecular flexibility index (Phi) is 6.57. The summed E-state index contributed by atoms with van der Waals surface area (Å²) in [7, 11) is 0. The van der Waals surface area contributed by atoms with E-state index in [1.165, 1.54) is 12.1 Å². The van der Waals surface area contributed by atoms with Crippen molar-refractivity contribution < 1.29 is 22.9 Å². The molecule has 0 radical (unpaired) electrons. The number of hydrogen-bond acceptors (Lipinski definition) is 4. The van der Waals surface area contributed by atoms with Crippen molar-refractivity contribution >= 4 is 17.6 Å². The minimum absolute atomic E-state index is 0.00161. The third-order valence-corrected chi connectivity index (χ3v) is 4.23. The summed E-state index contributed by atoms with van der Waals surface area (Å²) in [5.41, 5.74) is 0.567. The predicted molar refractivity (Wildman–Crippen MR) is 77.5 cm³/mol. The molecule has 0 spiro atoms. The Morgan fingerprint density at radius 1 is 1.43 bits per heavy atom. The maximum Gasteiger partial charge on any atom is 0.387 e. The molecule has 4 nitrogen and oxygen atoms in total. The molecule has 0 heterocycles. The lowest BCUT2D eigenvalue weighted by molar-refractivity contribution is -0.108. The Labute approximate surface area is 126 Å². The molecule has 2 atom stereocenters. The van der Waals surface area contributed by atoms with E-state index in [1.54, 1.807) is 32.9 Å². The van der Waals surface area contributed by atoms with Crippen molar-refractivity contribution in [1.29, 1.82) is 0 Å². The normalized spacial score (nSPS) is 14.8. The minimum atomic E-state index is -2.92. The van der Waals surface area contributed by atoms with Gasteiger partial charge < -0.3 is 14.1 Å². The molecule has 0 saturated heterocycles. The van der Waals surface area contributed by atoms with Crippen molar-refractivity contribution in [3.8, 4) is 5.75 Å². The standard InChI is InChI=1S/C14H19F2NO3S/c1-14(2,3)21(19)17-12(7-8-18)10-5-4-6-11(9-10)20-13(15)16/h4-6,8-9,12-13,17H,7H2,1-3H3/t12-,21?/m0/s1. The van der Waals surface area contributed by atoms with Crippen LogP contribution in [0.25, 0.3) is 0 Å². The van der Waals surface area contributed by atoms with E-state index in [0.29, 0.717) is 11.8 Å². The number of ether oxygens (including phenoxy) is 1. The number of alkyl halides is 2. The van der Waals surface area contributed by atoms with E-state index >= 15 is 0 Å². The highest BCUT2D eigenvalue weighted by atomic mass is 32.2. The SMILES string of the molecule is CC(C)(C)[S+]([O-])N[C@@H](CC=O)c1cccc(OC(F)F)c1. The molecule has 0 aliphatic rings. The molecule has 1 N–H and O–H groups in total. The lowest BCUT2D eigenvalue weighted by atomic mass is 10.1. The van der Waals surface area contributed by atoms with Gasteiger partial charge in [-0.1, -0.05) is 12.1 Å². The zero-order valence-corrected chi connectivity index (χ0v) is 13.0. The van der Waals surface area contributed by atoms with Crippen LogP contribution in [0.15, 0.2) is 24.3 Å². The molecule has 0 bridgehead atoms. The van der Waals surface area contributed by atoms with Gasteiger partial charge in [-0.05, 0) is 38.5 Å². The third kappa shape index (κ3) is 5.99. The van der Waals surface area contributed by atoms with Crippen molar-refractivity contribution in [2.45, 2.75) is 44.6 Å². The van der Waals surface area contributed by atoms with Gasteiger partial charge in [0.05, 0.1) is 6.04 Å². The van der Waals surface area contributed by atoms with Crippen LogP contribution in [0.5, 0.6) is 5.75 Å². The monoisotopic (exact) mass is 319 g/mol. The number of halogens is 2. The Bertz CT molecular complexity index is 466. The number of carbonyl (C=O) groups is 1. The van der Waals surface area contributed by atoms with Gasteiger partial charge in [0.25, 0.3) is 0 Å². The maximum absolute atomic E-state index is 12.2. The van der Waals surface area contributed by atoms with Crippen LogP contribution in [0.2, 0.25) is 0 Å². The summed E-state index contributed by atoms with van der Waals surface area (Å²) in [6, 6.07) is 5.50. The first-order valence-corrected chi connectivity index (χ1v) is 7.55. The molecule has 1 aromatic carbocycles. The van der Waals surface area contributed by atoms with E-state index in [0.717, 1.165) is 0 Å². The largest absolute Gasteiger partial charge is 0.598 e. The van der Waals surface area contributed by atoms with Crippen LogP contribution in [0, 0.1) is 0 Å². The van der Waals surface area contributed by atoms with E-state index in [-0.39, 0.29) is 12.2 Å². The summed E-state index contributed by atoms with van der Waals surface area (Å²) in [6.45, 7) is 2.47. The molecule has 0 aromatic heterocycles. The van der Waals surface area contributed by atoms with Crippen molar-refractivity contribution in [1.82, 2.24) is 4.72 Å². The molecule has 1 unspecified atom stereocenters. The topological polar surface area (TPSA) is 61.4 Å². The average Bonchev–Trinajstić information content (AvgIpc) is 2.36. The third-order valence-electron chi connectivity index (χ3n) is 2.62. The summed E-state index contributed by atoms with van der Waals surface area (Å²) in [5, 5.41) is 0. The fourth-order valence-electron chi connectivity index (χ4n) is 1.56. The van der Waals surface area contributed by atoms with Gasteiger partial charge in [0.2, 0.25) is 0 Å². The van der Waals surface area contributed by atoms with Gasteiger partial charge in [-0.2, -0.15) is 8.78 Å². The Hall–Kier alpha value is -1.18. The van der Waals surface area contributed by atoms with Gasteiger partial charge in [-0.25, -0.2) is 0 Å². The van der Waals surface area contributed by atoms with Gasteiger partial charge in [-0.3, -0.25) is 0 Å². The van der Waals surface area contributed by atoms with Crippen LogP contribution < -0.4 is 9.46 Å². The predicted octanol–water partition coefficient (Wildman–Crippen LogP) is 2.97. The number of carbonyl (C=O) groups excluding carboxylic acids is 1. The molecule has 118 valence electrons. The molecular weight excluding hydrogens is 300 g/mol. The fraction of sp³-hybridized carbons (Fsp3) is 0.500. The first-order valence-electron chi connectivity index (χ1n) is 6.40. The average molecular weight is 319 g/mol. The molecule has 1 aromatic rings. The molecular formula is C14H19F2NO3S. The van der Waals surface area contributed by atoms with Crippen LogP contribution in [0.1, 0.15) is 38.8 Å². The summed E-state index contributed by atoms with van der Waals surface area (Å²) in [6.07, 6.45) is 0.776. The highest BCUT2D eigenvalue weighted by molar-refractivity contribution is 7.90. The molecule has 1 rings (SSSR count). The molecule has 7 heteroatoms. The Morgan fingerprint density at radius 2 is 2.10 bits per heavy atom. The maximum atomic E-state index is 12.2. The van der Waals surface area contributed by atoms with Crippen LogP contribution in [-0.2, 0) is 16.2 Å². The highest BCUT2D eigenvalue weighted by Crippen LogP contribution is 2.25. The lowest BCUT2D eigenvalue weighted by Crippen LogP contribution is -2.41. The van der Waals surface area contributed by atoms with Crippen molar-refractivity contribution in [2.24, 2.45) is 0 Å². The van der Waals surface area contributed by atoms with Gasteiger partial charge in [0.15, 0.2) is 0 Å². The van der Waals surface area contributed by atoms with E-state index in [1.807, 2.05) is 0 Å². The van der Waals surface area contributed by atoms with E-state index in [4.69, 9.17) is 0 Å². The molecule has 0 aliphatic carbocycles. The lowest BCUT2D eigenvalue weighted by Gasteiger charge is -2.27. The molecule has 21 heavy (non-hydrogen) atoms. The minimum Gasteiger partial charge on any atom is -0.598 e. The summed E-state index contributed by atoms with van der Waals surface area (Å²) < 4.78 is 43.2. The van der Waals surface area contributed by atoms with E-state index in [2.05, 4.69) is 9.46 Å². The second kappa shape index (κ2) is 7.72. The smallest absolute Gasteiger partial charge is 0.387 e. The molecule has 0 saturated carbocycles. The Morgan fingerprint density at radius 3 is 2.62 bits per heavy atom. The second-order valence-corrected chi connectivity index (χ2v) is 7.40. The van der Waals surface area contributed by atoms with E-state index < -0.39 is 28.8 Å². The fourth-order valence-corrected chi connectivity index (χ4v) is 2.41. The summed E-state index contributed by atoms with van der Waals surface area (Å²) in [4.78, 5) is 10.8. The molecule has 0 fully saturated rings. The number of benzene rings is 1. The van der Waals surface area contributed by atoms with Crippen LogP contribution in [0.3, 0.4) is 0 Å². The Balaban J connectivity index is 2.92. The second-order valence-electron chi connectivity index (χ2n) is 5.40. The zero-order chi connectivity index (χ0) is 16.0. The van der Waals surface area contributed by atoms with Crippen LogP contribution >= 0.6 is 0 Å². The van der Waals surface area contributed by atoms with Crippen LogP contribution in [-0.4, -0.2) is 22.2 Å². The first kappa shape index (κ1) is 17.9. The van der Waals surface area contributed by atoms with Crippen LogP contribution in [0.4, 0.5) is 8.78 Å². The number of hydrogen-bond donors (Lipinski definition) is 1. The number of aldehydes is 1. The summed E-state index contributed by atoms with van der Waals surface area (Å²) in [5.74, 6) is 0.00161. The van der Waals surface area contributed by atoms with Gasteiger partial charge in [0, 0.05) is 17.8 Å². The highest BCUT2D eigenvalue weighted by Gasteiger charge is 2.29.